The van der Waals surface area contributed by atoms with Gasteiger partial charge in [-0.25, -0.2) is 0 Å². The zero-order valence-corrected chi connectivity index (χ0v) is 4.70. The van der Waals surface area contributed by atoms with Crippen LogP contribution in [0.3, 0.4) is 0 Å². The number of allylic oxidation sites excluding steroid dienone is 1. The molecule has 0 fully saturated rings. The molecule has 0 aromatic rings. The molecule has 3 heteroatoms. The lowest BCUT2D eigenvalue weighted by molar-refractivity contribution is -0.141. The van der Waals surface area contributed by atoms with E-state index in [0.717, 1.165) is 0 Å². The van der Waals surface area contributed by atoms with E-state index in [4.69, 9.17) is 5.11 Å². The zero-order valence-electron chi connectivity index (χ0n) is 4.70. The highest BCUT2D eigenvalue weighted by Crippen LogP contribution is 2.13. The first-order valence-corrected chi connectivity index (χ1v) is 2.64. The summed E-state index contributed by atoms with van der Waals surface area (Å²) in [4.78, 5) is 20.6. The van der Waals surface area contributed by atoms with Crippen LogP contribution in [0.1, 0.15) is 6.42 Å². The molecule has 0 amide bonds. The molecule has 0 radical (unpaired) electrons. The van der Waals surface area contributed by atoms with Crippen molar-refractivity contribution in [2.45, 2.75) is 6.42 Å². The predicted molar refractivity (Wildman–Crippen MR) is 29.9 cm³/mol. The van der Waals surface area contributed by atoms with Crippen LogP contribution < -0.4 is 0 Å². The van der Waals surface area contributed by atoms with E-state index < -0.39 is 11.9 Å². The van der Waals surface area contributed by atoms with Crippen LogP contribution in [0.2, 0.25) is 0 Å². The second kappa shape index (κ2) is 2.01. The molecule has 0 aliphatic heterocycles. The number of carboxylic acids is 1. The van der Waals surface area contributed by atoms with Gasteiger partial charge in [-0.05, 0) is 6.08 Å². The molecule has 1 atom stereocenters. The quantitative estimate of drug-likeness (QED) is 0.546. The Balaban J connectivity index is 2.60. The summed E-state index contributed by atoms with van der Waals surface area (Å²) in [7, 11) is 0. The molecule has 0 aromatic heterocycles. The monoisotopic (exact) mass is 126 g/mol. The summed E-state index contributed by atoms with van der Waals surface area (Å²) in [5.74, 6) is -1.59. The van der Waals surface area contributed by atoms with Gasteiger partial charge in [0, 0.05) is 6.42 Å². The summed E-state index contributed by atoms with van der Waals surface area (Å²) in [5.41, 5.74) is 0. The fraction of sp³-hybridized carbons (Fsp3) is 0.333. The molecule has 0 saturated heterocycles. The number of hydrogen-bond acceptors (Lipinski definition) is 2. The van der Waals surface area contributed by atoms with E-state index in [0.29, 0.717) is 0 Å². The fourth-order valence-electron chi connectivity index (χ4n) is 0.746. The van der Waals surface area contributed by atoms with Gasteiger partial charge in [0.05, 0.1) is 5.92 Å². The molecule has 1 aliphatic rings. The normalized spacial score (nSPS) is 24.9. The molecule has 0 spiro atoms. The number of carbonyl (C=O) groups excluding carboxylic acids is 1. The van der Waals surface area contributed by atoms with E-state index >= 15 is 0 Å². The number of ketones is 1. The fourth-order valence-corrected chi connectivity index (χ4v) is 0.746. The first kappa shape index (κ1) is 6.01. The van der Waals surface area contributed by atoms with E-state index in [1.165, 1.54) is 12.2 Å². The van der Waals surface area contributed by atoms with Crippen LogP contribution >= 0.6 is 0 Å². The van der Waals surface area contributed by atoms with Crippen LogP contribution in [-0.2, 0) is 9.59 Å². The van der Waals surface area contributed by atoms with Crippen molar-refractivity contribution >= 4 is 11.8 Å². The van der Waals surface area contributed by atoms with Crippen molar-refractivity contribution in [3.05, 3.63) is 12.2 Å². The molecule has 1 aliphatic carbocycles. The molecule has 0 aromatic carbocycles. The Labute approximate surface area is 52.0 Å². The lowest BCUT2D eigenvalue weighted by atomic mass is 10.1. The molecule has 1 rings (SSSR count). The van der Waals surface area contributed by atoms with Gasteiger partial charge < -0.3 is 5.11 Å². The van der Waals surface area contributed by atoms with E-state index in [1.807, 2.05) is 0 Å². The van der Waals surface area contributed by atoms with Gasteiger partial charge in [0.15, 0.2) is 5.78 Å². The third-order valence-corrected chi connectivity index (χ3v) is 1.25. The highest BCUT2D eigenvalue weighted by Gasteiger charge is 2.21. The van der Waals surface area contributed by atoms with Crippen molar-refractivity contribution in [1.29, 1.82) is 0 Å². The highest BCUT2D eigenvalue weighted by atomic mass is 16.4. The summed E-state index contributed by atoms with van der Waals surface area (Å²) >= 11 is 0. The van der Waals surface area contributed by atoms with Gasteiger partial charge in [0.25, 0.3) is 0 Å². The third kappa shape index (κ3) is 1.16. The molecular formula is C6H6O3. The SMILES string of the molecule is O=C1C=C[C@H](C(=O)O)C1. The molecule has 1 N–H and O–H groups in total. The topological polar surface area (TPSA) is 54.4 Å². The first-order chi connectivity index (χ1) is 4.20. The molecule has 0 bridgehead atoms. The standard InChI is InChI=1S/C6H6O3/c7-5-2-1-4(3-5)6(8)9/h1-2,4H,3H2,(H,8,9)/t4-/m0/s1. The number of carbonyl (C=O) groups is 2. The summed E-state index contributed by atoms with van der Waals surface area (Å²) < 4.78 is 0. The minimum absolute atomic E-state index is 0.0950. The Morgan fingerprint density at radius 1 is 1.78 bits per heavy atom. The van der Waals surface area contributed by atoms with Crippen molar-refractivity contribution in [3.8, 4) is 0 Å². The van der Waals surface area contributed by atoms with Crippen LogP contribution in [0.15, 0.2) is 12.2 Å². The summed E-state index contributed by atoms with van der Waals surface area (Å²) in [6, 6.07) is 0. The van der Waals surface area contributed by atoms with Gasteiger partial charge in [0.2, 0.25) is 0 Å². The molecule has 0 saturated carbocycles. The smallest absolute Gasteiger partial charge is 0.310 e. The second-order valence-corrected chi connectivity index (χ2v) is 1.97. The van der Waals surface area contributed by atoms with Crippen molar-refractivity contribution < 1.29 is 14.7 Å². The van der Waals surface area contributed by atoms with Gasteiger partial charge in [0.1, 0.15) is 0 Å². The molecular weight excluding hydrogens is 120 g/mol. The molecule has 3 nitrogen and oxygen atoms in total. The van der Waals surface area contributed by atoms with Crippen LogP contribution in [0.5, 0.6) is 0 Å². The average molecular weight is 126 g/mol. The number of carboxylic acid groups (broad SMARTS) is 1. The number of aliphatic carboxylic acids is 1. The largest absolute Gasteiger partial charge is 0.481 e. The Hall–Kier alpha value is -1.12. The van der Waals surface area contributed by atoms with Crippen molar-refractivity contribution in [2.75, 3.05) is 0 Å². The maximum atomic E-state index is 10.4. The molecule has 9 heavy (non-hydrogen) atoms. The van der Waals surface area contributed by atoms with E-state index in [-0.39, 0.29) is 12.2 Å². The van der Waals surface area contributed by atoms with Gasteiger partial charge >= 0.3 is 5.97 Å². The maximum Gasteiger partial charge on any atom is 0.310 e. The number of rotatable bonds is 1. The van der Waals surface area contributed by atoms with E-state index in [9.17, 15) is 9.59 Å². The minimum Gasteiger partial charge on any atom is -0.481 e. The summed E-state index contributed by atoms with van der Waals surface area (Å²) in [5, 5.41) is 8.33. The average Bonchev–Trinajstić information content (AvgIpc) is 2.14. The van der Waals surface area contributed by atoms with Crippen LogP contribution in [-0.4, -0.2) is 16.9 Å². The van der Waals surface area contributed by atoms with Gasteiger partial charge in [-0.2, -0.15) is 0 Å². The van der Waals surface area contributed by atoms with Crippen molar-refractivity contribution in [2.24, 2.45) is 5.92 Å². The Morgan fingerprint density at radius 3 is 2.67 bits per heavy atom. The number of hydrogen-bond donors (Lipinski definition) is 1. The summed E-state index contributed by atoms with van der Waals surface area (Å²) in [6.07, 6.45) is 2.87. The lowest BCUT2D eigenvalue weighted by Gasteiger charge is -1.94. The maximum absolute atomic E-state index is 10.4. The van der Waals surface area contributed by atoms with Crippen LogP contribution in [0.25, 0.3) is 0 Å². The lowest BCUT2D eigenvalue weighted by Crippen LogP contribution is -2.09. The summed E-state index contributed by atoms with van der Waals surface area (Å²) in [6.45, 7) is 0. The van der Waals surface area contributed by atoms with Gasteiger partial charge in [-0.3, -0.25) is 9.59 Å². The van der Waals surface area contributed by atoms with E-state index in [2.05, 4.69) is 0 Å². The molecule has 48 valence electrons. The molecule has 0 unspecified atom stereocenters. The van der Waals surface area contributed by atoms with E-state index in [1.54, 1.807) is 0 Å². The Kier molecular flexibility index (Phi) is 1.34. The zero-order chi connectivity index (χ0) is 6.85. The van der Waals surface area contributed by atoms with Crippen molar-refractivity contribution in [3.63, 3.8) is 0 Å². The van der Waals surface area contributed by atoms with Crippen LogP contribution in [0.4, 0.5) is 0 Å². The highest BCUT2D eigenvalue weighted by molar-refractivity contribution is 5.96. The second-order valence-electron chi connectivity index (χ2n) is 1.97. The molecule has 0 heterocycles. The van der Waals surface area contributed by atoms with Gasteiger partial charge in [-0.15, -0.1) is 0 Å². The Bertz CT molecular complexity index is 181. The first-order valence-electron chi connectivity index (χ1n) is 2.64. The Morgan fingerprint density at radius 2 is 2.44 bits per heavy atom. The van der Waals surface area contributed by atoms with Crippen molar-refractivity contribution in [1.82, 2.24) is 0 Å². The third-order valence-electron chi connectivity index (χ3n) is 1.25. The minimum atomic E-state index is -0.919. The predicted octanol–water partition coefficient (Wildman–Crippen LogP) is 0.216. The van der Waals surface area contributed by atoms with Crippen LogP contribution in [0, 0.1) is 5.92 Å². The van der Waals surface area contributed by atoms with Gasteiger partial charge in [-0.1, -0.05) is 6.08 Å².